The highest BCUT2D eigenvalue weighted by Gasteiger charge is 2.08. The van der Waals surface area contributed by atoms with Gasteiger partial charge in [-0.05, 0) is 18.6 Å². The topological polar surface area (TPSA) is 51.0 Å². The minimum Gasteiger partial charge on any atom is -0.385 e. The normalized spacial score (nSPS) is 10.8. The quantitative estimate of drug-likeness (QED) is 0.794. The van der Waals surface area contributed by atoms with Gasteiger partial charge < -0.3 is 9.84 Å². The highest BCUT2D eigenvalue weighted by atomic mass is 16.5. The first-order valence-corrected chi connectivity index (χ1v) is 6.37. The summed E-state index contributed by atoms with van der Waals surface area (Å²) in [6, 6.07) is 10.2. The molecule has 0 radical (unpaired) electrons. The summed E-state index contributed by atoms with van der Waals surface area (Å²) in [5.41, 5.74) is 1.14. The summed E-state index contributed by atoms with van der Waals surface area (Å²) in [4.78, 5) is 4.35. The predicted molar refractivity (Wildman–Crippen MR) is 71.6 cm³/mol. The molecule has 0 fully saturated rings. The number of nitrogens with zero attached hydrogens (tertiary/aromatic N) is 2. The Labute approximate surface area is 107 Å². The zero-order valence-electron chi connectivity index (χ0n) is 10.9. The van der Waals surface area contributed by atoms with Crippen LogP contribution in [0.3, 0.4) is 0 Å². The summed E-state index contributed by atoms with van der Waals surface area (Å²) in [6.07, 6.45) is 1.80. The average Bonchev–Trinajstić information content (AvgIpc) is 2.85. The van der Waals surface area contributed by atoms with Crippen LogP contribution in [0.15, 0.2) is 34.9 Å². The summed E-state index contributed by atoms with van der Waals surface area (Å²) < 4.78 is 5.19. The van der Waals surface area contributed by atoms with Crippen LogP contribution in [0, 0.1) is 0 Å². The van der Waals surface area contributed by atoms with Crippen molar-refractivity contribution in [3.8, 4) is 0 Å². The molecular weight excluding hydrogens is 226 g/mol. The molecule has 1 heterocycles. The smallest absolute Gasteiger partial charge is 0.226 e. The lowest BCUT2D eigenvalue weighted by Crippen LogP contribution is -2.02. The van der Waals surface area contributed by atoms with Crippen LogP contribution in [0.25, 0.3) is 0 Å². The van der Waals surface area contributed by atoms with Gasteiger partial charge >= 0.3 is 0 Å². The third-order valence-corrected chi connectivity index (χ3v) is 2.67. The zero-order chi connectivity index (χ0) is 12.8. The molecule has 0 aliphatic carbocycles. The van der Waals surface area contributed by atoms with Crippen LogP contribution in [-0.2, 0) is 6.42 Å². The first-order chi connectivity index (χ1) is 8.75. The van der Waals surface area contributed by atoms with Crippen molar-refractivity contribution in [1.82, 2.24) is 10.1 Å². The van der Waals surface area contributed by atoms with Gasteiger partial charge in [-0.3, -0.25) is 0 Å². The number of nitrogens with one attached hydrogen (secondary N) is 1. The van der Waals surface area contributed by atoms with Crippen LogP contribution in [0.2, 0.25) is 0 Å². The third kappa shape index (κ3) is 3.58. The lowest BCUT2D eigenvalue weighted by atomic mass is 10.2. The van der Waals surface area contributed by atoms with Gasteiger partial charge in [0.1, 0.15) is 0 Å². The molecule has 4 heteroatoms. The summed E-state index contributed by atoms with van der Waals surface area (Å²) in [5, 5.41) is 7.30. The van der Waals surface area contributed by atoms with Gasteiger partial charge in [0.15, 0.2) is 5.82 Å². The molecule has 18 heavy (non-hydrogen) atoms. The van der Waals surface area contributed by atoms with E-state index in [2.05, 4.69) is 41.4 Å². The van der Waals surface area contributed by atoms with Crippen molar-refractivity contribution in [1.29, 1.82) is 0 Å². The fourth-order valence-corrected chi connectivity index (χ4v) is 1.63. The Bertz CT molecular complexity index is 465. The first kappa shape index (κ1) is 12.6. The van der Waals surface area contributed by atoms with Crippen molar-refractivity contribution in [3.63, 3.8) is 0 Å². The molecular formula is C14H19N3O. The second-order valence-corrected chi connectivity index (χ2v) is 4.60. The Hall–Kier alpha value is -1.84. The van der Waals surface area contributed by atoms with Crippen molar-refractivity contribution in [2.45, 2.75) is 32.6 Å². The van der Waals surface area contributed by atoms with Crippen molar-refractivity contribution in [3.05, 3.63) is 42.0 Å². The van der Waals surface area contributed by atoms with Gasteiger partial charge in [-0.1, -0.05) is 37.2 Å². The molecule has 0 atom stereocenters. The molecule has 0 amide bonds. The van der Waals surface area contributed by atoms with Crippen LogP contribution in [0.1, 0.15) is 37.9 Å². The fraction of sp³-hybridized carbons (Fsp3) is 0.429. The lowest BCUT2D eigenvalue weighted by Gasteiger charge is -2.03. The van der Waals surface area contributed by atoms with Gasteiger partial charge in [0.05, 0.1) is 0 Å². The number of aromatic nitrogens is 2. The van der Waals surface area contributed by atoms with E-state index in [1.165, 1.54) is 0 Å². The van der Waals surface area contributed by atoms with Crippen LogP contribution in [0.5, 0.6) is 0 Å². The third-order valence-electron chi connectivity index (χ3n) is 2.67. The van der Waals surface area contributed by atoms with E-state index < -0.39 is 0 Å². The molecule has 1 N–H and O–H groups in total. The molecule has 0 saturated carbocycles. The molecule has 0 saturated heterocycles. The molecule has 96 valence electrons. The van der Waals surface area contributed by atoms with E-state index in [0.29, 0.717) is 5.92 Å². The standard InChI is InChI=1S/C14H19N3O/c1-11(2)14-16-13(18-17-14)9-6-10-15-12-7-4-3-5-8-12/h3-5,7-8,11,15H,6,9-10H2,1-2H3. The van der Waals surface area contributed by atoms with E-state index in [9.17, 15) is 0 Å². The molecule has 0 bridgehead atoms. The average molecular weight is 245 g/mol. The highest BCUT2D eigenvalue weighted by Crippen LogP contribution is 2.11. The van der Waals surface area contributed by atoms with Crippen molar-refractivity contribution in [2.24, 2.45) is 0 Å². The molecule has 1 aromatic carbocycles. The van der Waals surface area contributed by atoms with Gasteiger partial charge in [0, 0.05) is 24.6 Å². The van der Waals surface area contributed by atoms with E-state index >= 15 is 0 Å². The number of benzene rings is 1. The Morgan fingerprint density at radius 3 is 2.67 bits per heavy atom. The second-order valence-electron chi connectivity index (χ2n) is 4.60. The first-order valence-electron chi connectivity index (χ1n) is 6.37. The van der Waals surface area contributed by atoms with Crippen LogP contribution >= 0.6 is 0 Å². The van der Waals surface area contributed by atoms with Crippen molar-refractivity contribution >= 4 is 5.69 Å². The van der Waals surface area contributed by atoms with E-state index in [4.69, 9.17) is 4.52 Å². The summed E-state index contributed by atoms with van der Waals surface area (Å²) in [6.45, 7) is 5.03. The molecule has 2 rings (SSSR count). The molecule has 0 aliphatic rings. The SMILES string of the molecule is CC(C)c1noc(CCCNc2ccccc2)n1. The van der Waals surface area contributed by atoms with Crippen LogP contribution < -0.4 is 5.32 Å². The van der Waals surface area contributed by atoms with Gasteiger partial charge in [-0.2, -0.15) is 4.98 Å². The maximum absolute atomic E-state index is 5.19. The predicted octanol–water partition coefficient (Wildman–Crippen LogP) is 3.24. The summed E-state index contributed by atoms with van der Waals surface area (Å²) >= 11 is 0. The van der Waals surface area contributed by atoms with Crippen molar-refractivity contribution < 1.29 is 4.52 Å². The zero-order valence-corrected chi connectivity index (χ0v) is 10.9. The fourth-order valence-electron chi connectivity index (χ4n) is 1.63. The number of hydrogen-bond acceptors (Lipinski definition) is 4. The van der Waals surface area contributed by atoms with Gasteiger partial charge in [0.25, 0.3) is 0 Å². The Morgan fingerprint density at radius 2 is 2.00 bits per heavy atom. The minimum absolute atomic E-state index is 0.324. The monoisotopic (exact) mass is 245 g/mol. The Balaban J connectivity index is 1.72. The van der Waals surface area contributed by atoms with E-state index in [0.717, 1.165) is 36.8 Å². The highest BCUT2D eigenvalue weighted by molar-refractivity contribution is 5.42. The largest absolute Gasteiger partial charge is 0.385 e. The summed E-state index contributed by atoms with van der Waals surface area (Å²) in [5.74, 6) is 1.85. The van der Waals surface area contributed by atoms with Crippen LogP contribution in [0.4, 0.5) is 5.69 Å². The van der Waals surface area contributed by atoms with Gasteiger partial charge in [-0.15, -0.1) is 0 Å². The molecule has 0 aliphatic heterocycles. The number of anilines is 1. The van der Waals surface area contributed by atoms with Crippen molar-refractivity contribution in [2.75, 3.05) is 11.9 Å². The molecule has 4 nitrogen and oxygen atoms in total. The summed E-state index contributed by atoms with van der Waals surface area (Å²) in [7, 11) is 0. The van der Waals surface area contributed by atoms with E-state index in [-0.39, 0.29) is 0 Å². The molecule has 1 aromatic heterocycles. The van der Waals surface area contributed by atoms with E-state index in [1.54, 1.807) is 0 Å². The van der Waals surface area contributed by atoms with Gasteiger partial charge in [0.2, 0.25) is 5.89 Å². The Kier molecular flexibility index (Phi) is 4.34. The maximum atomic E-state index is 5.19. The maximum Gasteiger partial charge on any atom is 0.226 e. The van der Waals surface area contributed by atoms with Crippen LogP contribution in [-0.4, -0.2) is 16.7 Å². The second kappa shape index (κ2) is 6.19. The lowest BCUT2D eigenvalue weighted by molar-refractivity contribution is 0.369. The number of aryl methyl sites for hydroxylation is 1. The minimum atomic E-state index is 0.324. The molecule has 0 spiro atoms. The number of para-hydroxylation sites is 1. The van der Waals surface area contributed by atoms with Gasteiger partial charge in [-0.25, -0.2) is 0 Å². The number of hydrogen-bond donors (Lipinski definition) is 1. The van der Waals surface area contributed by atoms with E-state index in [1.807, 2.05) is 18.2 Å². The molecule has 0 unspecified atom stereocenters. The molecule has 2 aromatic rings. The number of rotatable bonds is 6. The Morgan fingerprint density at radius 1 is 1.22 bits per heavy atom.